The number of hydrogen-bond acceptors (Lipinski definition) is 3. The molecule has 4 heteroatoms. The van der Waals surface area contributed by atoms with E-state index in [-0.39, 0.29) is 0 Å². The van der Waals surface area contributed by atoms with Gasteiger partial charge in [-0.2, -0.15) is 0 Å². The van der Waals surface area contributed by atoms with Gasteiger partial charge in [0.1, 0.15) is 0 Å². The van der Waals surface area contributed by atoms with E-state index in [4.69, 9.17) is 0 Å². The van der Waals surface area contributed by atoms with E-state index in [2.05, 4.69) is 6.07 Å². The van der Waals surface area contributed by atoms with E-state index in [1.807, 2.05) is 35.7 Å². The van der Waals surface area contributed by atoms with E-state index in [1.54, 1.807) is 11.3 Å². The maximum Gasteiger partial charge on any atom is 0.489 e. The van der Waals surface area contributed by atoms with Gasteiger partial charge in [0.15, 0.2) is 0 Å². The molecule has 0 saturated carbocycles. The van der Waals surface area contributed by atoms with Crippen molar-refractivity contribution in [3.05, 3.63) is 41.8 Å². The van der Waals surface area contributed by atoms with Crippen LogP contribution in [0, 0.1) is 0 Å². The van der Waals surface area contributed by atoms with Gasteiger partial charge in [-0.25, -0.2) is 0 Å². The van der Waals surface area contributed by atoms with Gasteiger partial charge in [-0.3, -0.25) is 0 Å². The van der Waals surface area contributed by atoms with Gasteiger partial charge in [0.05, 0.1) is 0 Å². The Hall–Kier alpha value is -1.36. The third-order valence-electron chi connectivity index (χ3n) is 2.79. The molecule has 16 heavy (non-hydrogen) atoms. The smallest absolute Gasteiger partial charge is 0.423 e. The molecule has 2 nitrogen and oxygen atoms in total. The van der Waals surface area contributed by atoms with E-state index in [1.165, 1.54) is 5.39 Å². The summed E-state index contributed by atoms with van der Waals surface area (Å²) in [5.41, 5.74) is 0.575. The predicted octanol–water partition coefficient (Wildman–Crippen LogP) is 1.73. The third kappa shape index (κ3) is 1.35. The van der Waals surface area contributed by atoms with Crippen molar-refractivity contribution in [1.82, 2.24) is 0 Å². The minimum atomic E-state index is -1.42. The lowest BCUT2D eigenvalue weighted by Crippen LogP contribution is -2.30. The largest absolute Gasteiger partial charge is 0.489 e. The van der Waals surface area contributed by atoms with Crippen LogP contribution in [0.3, 0.4) is 0 Å². The predicted molar refractivity (Wildman–Crippen MR) is 69.2 cm³/mol. The summed E-state index contributed by atoms with van der Waals surface area (Å²) in [6, 6.07) is 11.7. The molecule has 0 spiro atoms. The van der Waals surface area contributed by atoms with Crippen LogP contribution in [0.5, 0.6) is 0 Å². The summed E-state index contributed by atoms with van der Waals surface area (Å²) < 4.78 is 1.09. The fraction of sp³-hybridized carbons (Fsp3) is 0. The molecule has 0 saturated heterocycles. The van der Waals surface area contributed by atoms with Gasteiger partial charge in [-0.15, -0.1) is 11.3 Å². The highest BCUT2D eigenvalue weighted by atomic mass is 32.1. The molecule has 0 atom stereocenters. The summed E-state index contributed by atoms with van der Waals surface area (Å²) in [5, 5.41) is 23.9. The Labute approximate surface area is 96.9 Å². The van der Waals surface area contributed by atoms with Gasteiger partial charge >= 0.3 is 7.12 Å². The minimum Gasteiger partial charge on any atom is -0.423 e. The van der Waals surface area contributed by atoms with Crippen molar-refractivity contribution < 1.29 is 10.0 Å². The first kappa shape index (κ1) is 9.84. The first-order valence-corrected chi connectivity index (χ1v) is 5.90. The maximum absolute atomic E-state index is 9.38. The molecule has 3 rings (SSSR count). The Morgan fingerprint density at radius 3 is 2.44 bits per heavy atom. The Balaban J connectivity index is 2.55. The van der Waals surface area contributed by atoms with Crippen molar-refractivity contribution in [3.8, 4) is 0 Å². The molecule has 1 heterocycles. The number of hydrogen-bond donors (Lipinski definition) is 2. The van der Waals surface area contributed by atoms with Gasteiger partial charge in [-0.1, -0.05) is 24.3 Å². The number of rotatable bonds is 1. The molecular weight excluding hydrogens is 219 g/mol. The molecule has 0 aliphatic carbocycles. The molecule has 3 aromatic rings. The second kappa shape index (κ2) is 3.59. The summed E-state index contributed by atoms with van der Waals surface area (Å²) in [6.07, 6.45) is 0. The van der Waals surface area contributed by atoms with E-state index in [0.717, 1.165) is 15.5 Å². The molecule has 0 aliphatic heterocycles. The standard InChI is InChI=1S/C12H9BO2S/c14-13(15)11-7-12-10(5-6-16-12)8-3-1-2-4-9(8)11/h1-7,14-15H. The summed E-state index contributed by atoms with van der Waals surface area (Å²) in [6.45, 7) is 0. The minimum absolute atomic E-state index is 0.575. The Bertz CT molecular complexity index is 660. The first-order valence-electron chi connectivity index (χ1n) is 5.02. The molecule has 1 aromatic heterocycles. The molecule has 0 bridgehead atoms. The maximum atomic E-state index is 9.38. The second-order valence-corrected chi connectivity index (χ2v) is 4.67. The lowest BCUT2D eigenvalue weighted by Gasteiger charge is -2.06. The average Bonchev–Trinajstić information content (AvgIpc) is 2.75. The molecule has 0 radical (unpaired) electrons. The normalized spacial score (nSPS) is 11.1. The van der Waals surface area contributed by atoms with Crippen LogP contribution in [-0.2, 0) is 0 Å². The molecule has 0 fully saturated rings. The summed E-state index contributed by atoms with van der Waals surface area (Å²) in [5.74, 6) is 0. The van der Waals surface area contributed by atoms with Crippen LogP contribution in [0.25, 0.3) is 20.9 Å². The van der Waals surface area contributed by atoms with E-state index in [0.29, 0.717) is 5.46 Å². The lowest BCUT2D eigenvalue weighted by atomic mass is 9.77. The number of fused-ring (bicyclic) bond motifs is 3. The van der Waals surface area contributed by atoms with Gasteiger partial charge in [0.2, 0.25) is 0 Å². The molecular formula is C12H9BO2S. The van der Waals surface area contributed by atoms with Crippen molar-refractivity contribution >= 4 is 44.8 Å². The van der Waals surface area contributed by atoms with Crippen molar-refractivity contribution in [1.29, 1.82) is 0 Å². The van der Waals surface area contributed by atoms with Crippen LogP contribution in [0.1, 0.15) is 0 Å². The first-order chi connectivity index (χ1) is 7.77. The van der Waals surface area contributed by atoms with Crippen LogP contribution < -0.4 is 5.46 Å². The van der Waals surface area contributed by atoms with Crippen LogP contribution >= 0.6 is 11.3 Å². The van der Waals surface area contributed by atoms with Crippen LogP contribution in [0.2, 0.25) is 0 Å². The quantitative estimate of drug-likeness (QED) is 0.622. The average molecular weight is 228 g/mol. The lowest BCUT2D eigenvalue weighted by molar-refractivity contribution is 0.426. The molecule has 0 unspecified atom stereocenters. The van der Waals surface area contributed by atoms with Gasteiger partial charge < -0.3 is 10.0 Å². The monoisotopic (exact) mass is 228 g/mol. The zero-order chi connectivity index (χ0) is 11.1. The topological polar surface area (TPSA) is 40.5 Å². The second-order valence-electron chi connectivity index (χ2n) is 3.72. The third-order valence-corrected chi connectivity index (χ3v) is 3.65. The highest BCUT2D eigenvalue weighted by molar-refractivity contribution is 7.17. The summed E-state index contributed by atoms with van der Waals surface area (Å²) >= 11 is 1.61. The Morgan fingerprint density at radius 1 is 0.938 bits per heavy atom. The molecule has 2 aromatic carbocycles. The highest BCUT2D eigenvalue weighted by Crippen LogP contribution is 2.27. The Kier molecular flexibility index (Phi) is 2.21. The van der Waals surface area contributed by atoms with E-state index >= 15 is 0 Å². The number of benzene rings is 2. The summed E-state index contributed by atoms with van der Waals surface area (Å²) in [4.78, 5) is 0. The molecule has 0 amide bonds. The summed E-state index contributed by atoms with van der Waals surface area (Å²) in [7, 11) is -1.42. The van der Waals surface area contributed by atoms with E-state index in [9.17, 15) is 10.0 Å². The zero-order valence-electron chi connectivity index (χ0n) is 8.42. The fourth-order valence-electron chi connectivity index (χ4n) is 2.06. The van der Waals surface area contributed by atoms with Crippen LogP contribution in [-0.4, -0.2) is 17.2 Å². The SMILES string of the molecule is OB(O)c1cc2sccc2c2ccccc12. The highest BCUT2D eigenvalue weighted by Gasteiger charge is 2.16. The molecule has 2 N–H and O–H groups in total. The van der Waals surface area contributed by atoms with Crippen LogP contribution in [0.15, 0.2) is 41.8 Å². The van der Waals surface area contributed by atoms with E-state index < -0.39 is 7.12 Å². The number of thiophene rings is 1. The fourth-order valence-corrected chi connectivity index (χ4v) is 2.91. The van der Waals surface area contributed by atoms with Gasteiger partial charge in [-0.05, 0) is 33.7 Å². The molecule has 0 aliphatic rings. The Morgan fingerprint density at radius 2 is 1.69 bits per heavy atom. The van der Waals surface area contributed by atoms with Crippen molar-refractivity contribution in [2.75, 3.05) is 0 Å². The van der Waals surface area contributed by atoms with Gasteiger partial charge in [0.25, 0.3) is 0 Å². The van der Waals surface area contributed by atoms with Crippen molar-refractivity contribution in [3.63, 3.8) is 0 Å². The van der Waals surface area contributed by atoms with Crippen molar-refractivity contribution in [2.24, 2.45) is 0 Å². The van der Waals surface area contributed by atoms with Crippen molar-refractivity contribution in [2.45, 2.75) is 0 Å². The van der Waals surface area contributed by atoms with Gasteiger partial charge in [0, 0.05) is 10.1 Å². The molecule has 78 valence electrons. The van der Waals surface area contributed by atoms with Crippen LogP contribution in [0.4, 0.5) is 0 Å². The zero-order valence-corrected chi connectivity index (χ0v) is 9.24.